The second-order valence-electron chi connectivity index (χ2n) is 3.42. The Hall–Kier alpha value is -1.83. The molecule has 16 heavy (non-hydrogen) atoms. The Labute approximate surface area is 96.7 Å². The monoisotopic (exact) mass is 215 g/mol. The highest BCUT2D eigenvalue weighted by Crippen LogP contribution is 2.16. The maximum atomic E-state index is 11.5. The molecule has 0 atom stereocenters. The fraction of sp³-hybridized carbons (Fsp3) is 0.214. The molecule has 0 aliphatic rings. The lowest BCUT2D eigenvalue weighted by Crippen LogP contribution is -2.21. The van der Waals surface area contributed by atoms with Gasteiger partial charge < -0.3 is 5.32 Å². The van der Waals surface area contributed by atoms with Gasteiger partial charge in [0.15, 0.2) is 0 Å². The van der Waals surface area contributed by atoms with Crippen LogP contribution in [0.15, 0.2) is 49.1 Å². The minimum Gasteiger partial charge on any atom is -0.349 e. The zero-order valence-electron chi connectivity index (χ0n) is 9.57. The van der Waals surface area contributed by atoms with Crippen molar-refractivity contribution in [3.05, 3.63) is 54.6 Å². The van der Waals surface area contributed by atoms with E-state index in [2.05, 4.69) is 11.9 Å². The first-order valence-corrected chi connectivity index (χ1v) is 5.42. The molecule has 0 saturated carbocycles. The number of allylic oxidation sites excluding steroid dienone is 1. The third-order valence-electron chi connectivity index (χ3n) is 2.25. The first kappa shape index (κ1) is 12.2. The Morgan fingerprint density at radius 1 is 1.38 bits per heavy atom. The summed E-state index contributed by atoms with van der Waals surface area (Å²) in [7, 11) is 0. The Kier molecular flexibility index (Phi) is 5.06. The summed E-state index contributed by atoms with van der Waals surface area (Å²) in [5.41, 5.74) is 2.14. The number of hydrogen-bond donors (Lipinski definition) is 1. The number of carbonyl (C=O) groups is 1. The highest BCUT2D eigenvalue weighted by Gasteiger charge is 2.01. The molecule has 0 spiro atoms. The van der Waals surface area contributed by atoms with E-state index in [1.54, 1.807) is 12.2 Å². The number of rotatable bonds is 5. The van der Waals surface area contributed by atoms with E-state index in [1.807, 2.05) is 37.3 Å². The maximum absolute atomic E-state index is 11.5. The van der Waals surface area contributed by atoms with Gasteiger partial charge in [0.2, 0.25) is 5.91 Å². The number of benzene rings is 1. The van der Waals surface area contributed by atoms with Crippen LogP contribution in [0, 0.1) is 0 Å². The van der Waals surface area contributed by atoms with Crippen molar-refractivity contribution in [3.8, 4) is 0 Å². The van der Waals surface area contributed by atoms with Gasteiger partial charge in [-0.15, -0.1) is 6.58 Å². The number of carbonyl (C=O) groups excluding carboxylic acids is 1. The molecule has 1 aromatic rings. The molecule has 1 aromatic carbocycles. The summed E-state index contributed by atoms with van der Waals surface area (Å²) in [6.07, 6.45) is 4.16. The first-order valence-electron chi connectivity index (χ1n) is 5.42. The van der Waals surface area contributed by atoms with Crippen LogP contribution in [0.3, 0.4) is 0 Å². The van der Waals surface area contributed by atoms with Crippen molar-refractivity contribution < 1.29 is 4.79 Å². The van der Waals surface area contributed by atoms with Crippen molar-refractivity contribution in [2.75, 3.05) is 6.54 Å². The number of amides is 1. The molecule has 1 amide bonds. The van der Waals surface area contributed by atoms with Gasteiger partial charge in [-0.05, 0) is 17.6 Å². The fourth-order valence-corrected chi connectivity index (χ4v) is 1.42. The van der Waals surface area contributed by atoms with Crippen molar-refractivity contribution in [2.45, 2.75) is 13.3 Å². The quantitative estimate of drug-likeness (QED) is 0.594. The molecule has 1 rings (SSSR count). The smallest absolute Gasteiger partial charge is 0.244 e. The van der Waals surface area contributed by atoms with Gasteiger partial charge in [0.1, 0.15) is 0 Å². The Morgan fingerprint density at radius 2 is 2.06 bits per heavy atom. The van der Waals surface area contributed by atoms with Crippen molar-refractivity contribution in [2.24, 2.45) is 0 Å². The molecular weight excluding hydrogens is 198 g/mol. The Balaban J connectivity index is 2.78. The third-order valence-corrected chi connectivity index (χ3v) is 2.25. The van der Waals surface area contributed by atoms with Gasteiger partial charge in [-0.3, -0.25) is 4.79 Å². The van der Waals surface area contributed by atoms with E-state index in [4.69, 9.17) is 0 Å². The van der Waals surface area contributed by atoms with E-state index in [1.165, 1.54) is 0 Å². The zero-order chi connectivity index (χ0) is 11.8. The normalized spacial score (nSPS) is 10.9. The lowest BCUT2D eigenvalue weighted by Gasteiger charge is -2.04. The third kappa shape index (κ3) is 3.73. The van der Waals surface area contributed by atoms with E-state index >= 15 is 0 Å². The molecule has 0 aromatic heterocycles. The average molecular weight is 215 g/mol. The van der Waals surface area contributed by atoms with Crippen molar-refractivity contribution in [1.82, 2.24) is 5.32 Å². The highest BCUT2D eigenvalue weighted by atomic mass is 16.1. The summed E-state index contributed by atoms with van der Waals surface area (Å²) in [5.74, 6) is -0.0689. The van der Waals surface area contributed by atoms with Crippen LogP contribution >= 0.6 is 0 Å². The van der Waals surface area contributed by atoms with Gasteiger partial charge in [-0.1, -0.05) is 43.3 Å². The van der Waals surface area contributed by atoms with Gasteiger partial charge in [-0.25, -0.2) is 0 Å². The van der Waals surface area contributed by atoms with Crippen LogP contribution in [0.5, 0.6) is 0 Å². The molecule has 0 radical (unpaired) electrons. The summed E-state index contributed by atoms with van der Waals surface area (Å²) in [5, 5.41) is 2.73. The van der Waals surface area contributed by atoms with Crippen molar-refractivity contribution >= 4 is 11.5 Å². The standard InChI is InChI=1S/C14H17NO/c1-3-10-15-14(16)11-12(4-2)13-8-6-5-7-9-13/h3,5-9,11H,1,4,10H2,2H3,(H,15,16)/b12-11+. The Morgan fingerprint density at radius 3 is 2.62 bits per heavy atom. The highest BCUT2D eigenvalue weighted by molar-refractivity contribution is 5.95. The molecule has 0 aliphatic carbocycles. The second kappa shape index (κ2) is 6.62. The molecular formula is C14H17NO. The van der Waals surface area contributed by atoms with E-state index in [-0.39, 0.29) is 5.91 Å². The lowest BCUT2D eigenvalue weighted by molar-refractivity contribution is -0.116. The summed E-state index contributed by atoms with van der Waals surface area (Å²) in [6.45, 7) is 6.10. The van der Waals surface area contributed by atoms with Gasteiger partial charge in [0.25, 0.3) is 0 Å². The molecule has 1 N–H and O–H groups in total. The topological polar surface area (TPSA) is 29.1 Å². The molecule has 0 fully saturated rings. The largest absolute Gasteiger partial charge is 0.349 e. The molecule has 0 heterocycles. The lowest BCUT2D eigenvalue weighted by atomic mass is 10.0. The summed E-state index contributed by atoms with van der Waals surface area (Å²) in [4.78, 5) is 11.5. The van der Waals surface area contributed by atoms with Crippen molar-refractivity contribution in [1.29, 1.82) is 0 Å². The Bertz CT molecular complexity index is 379. The average Bonchev–Trinajstić information content (AvgIpc) is 2.34. The van der Waals surface area contributed by atoms with Crippen LogP contribution in [0.25, 0.3) is 5.57 Å². The fourth-order valence-electron chi connectivity index (χ4n) is 1.42. The maximum Gasteiger partial charge on any atom is 0.244 e. The van der Waals surface area contributed by atoms with Crippen LogP contribution < -0.4 is 5.32 Å². The van der Waals surface area contributed by atoms with E-state index in [9.17, 15) is 4.79 Å². The van der Waals surface area contributed by atoms with Crippen LogP contribution in [-0.4, -0.2) is 12.5 Å². The summed E-state index contributed by atoms with van der Waals surface area (Å²) in [6, 6.07) is 9.93. The molecule has 2 heteroatoms. The molecule has 0 aliphatic heterocycles. The van der Waals surface area contributed by atoms with Crippen molar-refractivity contribution in [3.63, 3.8) is 0 Å². The summed E-state index contributed by atoms with van der Waals surface area (Å²) < 4.78 is 0. The van der Waals surface area contributed by atoms with Crippen LogP contribution in [0.4, 0.5) is 0 Å². The van der Waals surface area contributed by atoms with Crippen LogP contribution in [0.2, 0.25) is 0 Å². The van der Waals surface area contributed by atoms with Gasteiger partial charge in [0, 0.05) is 12.6 Å². The second-order valence-corrected chi connectivity index (χ2v) is 3.42. The molecule has 0 bridgehead atoms. The minimum absolute atomic E-state index is 0.0689. The SMILES string of the molecule is C=CCNC(=O)/C=C(\CC)c1ccccc1. The predicted molar refractivity (Wildman–Crippen MR) is 67.9 cm³/mol. The van der Waals surface area contributed by atoms with E-state index in [0.29, 0.717) is 6.54 Å². The van der Waals surface area contributed by atoms with E-state index in [0.717, 1.165) is 17.6 Å². The van der Waals surface area contributed by atoms with Gasteiger partial charge in [0.05, 0.1) is 0 Å². The molecule has 2 nitrogen and oxygen atoms in total. The number of hydrogen-bond acceptors (Lipinski definition) is 1. The molecule has 0 unspecified atom stereocenters. The van der Waals surface area contributed by atoms with Crippen LogP contribution in [-0.2, 0) is 4.79 Å². The first-order chi connectivity index (χ1) is 7.77. The van der Waals surface area contributed by atoms with Gasteiger partial charge >= 0.3 is 0 Å². The summed E-state index contributed by atoms with van der Waals surface area (Å²) >= 11 is 0. The van der Waals surface area contributed by atoms with E-state index < -0.39 is 0 Å². The number of nitrogens with one attached hydrogen (secondary N) is 1. The molecule has 0 saturated heterocycles. The molecule has 84 valence electrons. The predicted octanol–water partition coefficient (Wildman–Crippen LogP) is 2.78. The zero-order valence-corrected chi connectivity index (χ0v) is 9.57. The van der Waals surface area contributed by atoms with Crippen LogP contribution in [0.1, 0.15) is 18.9 Å². The van der Waals surface area contributed by atoms with Gasteiger partial charge in [-0.2, -0.15) is 0 Å². The minimum atomic E-state index is -0.0689.